The maximum absolute atomic E-state index is 15.5. The normalized spacial score (nSPS) is 27.0. The van der Waals surface area contributed by atoms with E-state index < -0.39 is 11.7 Å². The molecule has 0 bridgehead atoms. The molecule has 47 heavy (non-hydrogen) atoms. The number of benzene rings is 1. The fraction of sp³-hybridized carbons (Fsp3) is 0.588. The molecular weight excluding hydrogens is 626 g/mol. The minimum Gasteiger partial charge on any atom is -0.461 e. The summed E-state index contributed by atoms with van der Waals surface area (Å²) in [6.45, 7) is 3.89. The van der Waals surface area contributed by atoms with Crippen LogP contribution in [0.2, 0.25) is 5.02 Å². The second-order valence-corrected chi connectivity index (χ2v) is 14.6. The second-order valence-electron chi connectivity index (χ2n) is 14.3. The van der Waals surface area contributed by atoms with E-state index in [9.17, 15) is 9.18 Å². The van der Waals surface area contributed by atoms with Gasteiger partial charge < -0.3 is 14.5 Å². The van der Waals surface area contributed by atoms with Crippen LogP contribution in [-0.4, -0.2) is 99.5 Å². The van der Waals surface area contributed by atoms with Gasteiger partial charge in [-0.1, -0.05) is 23.7 Å². The molecule has 0 N–H and O–H groups in total. The van der Waals surface area contributed by atoms with Crippen LogP contribution >= 0.6 is 11.6 Å². The van der Waals surface area contributed by atoms with Gasteiger partial charge in [0.25, 0.3) is 5.91 Å². The smallest absolute Gasteiger partial charge is 0.318 e. The topological polar surface area (TPSA) is 82.9 Å². The number of carbonyl (C=O) groups is 1. The lowest BCUT2D eigenvalue weighted by atomic mass is 9.80. The lowest BCUT2D eigenvalue weighted by molar-refractivity contribution is 0.0821. The first-order valence-electron chi connectivity index (χ1n) is 16.7. The third-order valence-electron chi connectivity index (χ3n) is 11.3. The highest BCUT2D eigenvalue weighted by Gasteiger charge is 2.50. The molecular formula is C34H41ClF2N8O2. The first kappa shape index (κ1) is 31.0. The maximum atomic E-state index is 15.5. The second kappa shape index (κ2) is 11.4. The molecule has 1 aliphatic carbocycles. The molecule has 0 radical (unpaired) electrons. The summed E-state index contributed by atoms with van der Waals surface area (Å²) in [5, 5.41) is 4.95. The summed E-state index contributed by atoms with van der Waals surface area (Å²) in [6, 6.07) is 5.64. The number of ether oxygens (including phenoxy) is 1. The summed E-state index contributed by atoms with van der Waals surface area (Å²) < 4.78 is 38.4. The third kappa shape index (κ3) is 4.92. The lowest BCUT2D eigenvalue weighted by Crippen LogP contribution is -2.48. The van der Waals surface area contributed by atoms with E-state index in [2.05, 4.69) is 26.8 Å². The number of halogens is 3. The van der Waals surface area contributed by atoms with Gasteiger partial charge in [0, 0.05) is 64.2 Å². The van der Waals surface area contributed by atoms with E-state index in [0.29, 0.717) is 57.2 Å². The van der Waals surface area contributed by atoms with E-state index >= 15 is 4.39 Å². The minimum absolute atomic E-state index is 0.179. The van der Waals surface area contributed by atoms with Crippen molar-refractivity contribution in [3.63, 3.8) is 0 Å². The molecule has 3 aromatic rings. The number of hydrogen-bond donors (Lipinski definition) is 0. The molecule has 8 rings (SSSR count). The highest BCUT2D eigenvalue weighted by atomic mass is 35.5. The van der Waals surface area contributed by atoms with Crippen molar-refractivity contribution in [2.45, 2.75) is 81.8 Å². The molecule has 1 unspecified atom stereocenters. The minimum atomic E-state index is -0.859. The Labute approximate surface area is 278 Å². The molecule has 1 aromatic carbocycles. The Bertz CT molecular complexity index is 1750. The van der Waals surface area contributed by atoms with Crippen molar-refractivity contribution in [2.24, 2.45) is 0 Å². The number of hydrogen-bond acceptors (Lipinski definition) is 8. The fourth-order valence-corrected chi connectivity index (χ4v) is 9.19. The molecule has 13 heteroatoms. The Morgan fingerprint density at radius 2 is 2.00 bits per heavy atom. The van der Waals surface area contributed by atoms with Crippen LogP contribution in [-0.2, 0) is 38.0 Å². The first-order chi connectivity index (χ1) is 22.6. The van der Waals surface area contributed by atoms with Crippen LogP contribution in [0.25, 0.3) is 0 Å². The number of alkyl halides is 1. The Hall–Kier alpha value is -3.35. The Kier molecular flexibility index (Phi) is 7.49. The zero-order chi connectivity index (χ0) is 32.7. The highest BCUT2D eigenvalue weighted by molar-refractivity contribution is 6.34. The first-order valence-corrected chi connectivity index (χ1v) is 17.1. The molecule has 6 heterocycles. The van der Waals surface area contributed by atoms with Crippen LogP contribution in [0.5, 0.6) is 6.01 Å². The Balaban J connectivity index is 1.19. The molecule has 2 saturated heterocycles. The molecule has 10 nitrogen and oxygen atoms in total. The highest BCUT2D eigenvalue weighted by Crippen LogP contribution is 2.49. The number of likely N-dealkylation sites (N-methyl/N-ethyl adjacent to an activating group) is 1. The molecule has 1 spiro atoms. The van der Waals surface area contributed by atoms with Crippen LogP contribution < -0.4 is 9.64 Å². The molecule has 5 aliphatic rings. The van der Waals surface area contributed by atoms with Gasteiger partial charge in [-0.2, -0.15) is 15.1 Å². The van der Waals surface area contributed by atoms with Crippen molar-refractivity contribution in [3.05, 3.63) is 62.8 Å². The van der Waals surface area contributed by atoms with E-state index in [1.165, 1.54) is 4.90 Å². The van der Waals surface area contributed by atoms with E-state index in [1.807, 2.05) is 10.7 Å². The molecule has 250 valence electrons. The predicted octanol–water partition coefficient (Wildman–Crippen LogP) is 4.36. The number of nitrogens with zero attached hydrogens (tertiary/aromatic N) is 8. The van der Waals surface area contributed by atoms with Gasteiger partial charge in [-0.05, 0) is 57.3 Å². The molecule has 3 atom stereocenters. The molecule has 2 aromatic heterocycles. The third-order valence-corrected chi connectivity index (χ3v) is 11.7. The van der Waals surface area contributed by atoms with E-state index in [1.54, 1.807) is 26.2 Å². The van der Waals surface area contributed by atoms with Crippen molar-refractivity contribution in [3.8, 4) is 6.01 Å². The lowest BCUT2D eigenvalue weighted by Gasteiger charge is -2.44. The molecule has 0 saturated carbocycles. The zero-order valence-electron chi connectivity index (χ0n) is 27.2. The van der Waals surface area contributed by atoms with Crippen LogP contribution in [0.3, 0.4) is 0 Å². The van der Waals surface area contributed by atoms with Crippen molar-refractivity contribution >= 4 is 23.3 Å². The van der Waals surface area contributed by atoms with E-state index in [4.69, 9.17) is 26.3 Å². The van der Waals surface area contributed by atoms with E-state index in [0.717, 1.165) is 72.5 Å². The number of amides is 1. The SMILES string of the molecule is CN(C)C(=O)c1nn2c(c1Cl)CN(c1nc(OC[C@@]34CCCN3CC(F)C4)nc3c1CN(C)[C@@]1(CCc4cccc(F)c41)C3)CCC2. The summed E-state index contributed by atoms with van der Waals surface area (Å²) in [5.41, 5.74) is 3.78. The number of aryl methyl sites for hydroxylation is 2. The average molecular weight is 667 g/mol. The summed E-state index contributed by atoms with van der Waals surface area (Å²) in [6.07, 6.45) is 4.40. The van der Waals surface area contributed by atoms with Crippen LogP contribution in [0.1, 0.15) is 70.7 Å². The number of fused-ring (bicyclic) bond motifs is 5. The van der Waals surface area contributed by atoms with Gasteiger partial charge in [-0.25, -0.2) is 8.78 Å². The van der Waals surface area contributed by atoms with Gasteiger partial charge in [-0.15, -0.1) is 0 Å². The summed E-state index contributed by atoms with van der Waals surface area (Å²) in [5.74, 6) is 0.332. The van der Waals surface area contributed by atoms with Crippen molar-refractivity contribution < 1.29 is 18.3 Å². The van der Waals surface area contributed by atoms with Gasteiger partial charge in [0.05, 0.1) is 34.0 Å². The summed E-state index contributed by atoms with van der Waals surface area (Å²) in [4.78, 5) is 31.1. The van der Waals surface area contributed by atoms with Crippen molar-refractivity contribution in [1.82, 2.24) is 34.4 Å². The molecule has 1 amide bonds. The van der Waals surface area contributed by atoms with Crippen LogP contribution in [0, 0.1) is 5.82 Å². The predicted molar refractivity (Wildman–Crippen MR) is 173 cm³/mol. The summed E-state index contributed by atoms with van der Waals surface area (Å²) in [7, 11) is 5.44. The Morgan fingerprint density at radius 1 is 1.15 bits per heavy atom. The Morgan fingerprint density at radius 3 is 2.83 bits per heavy atom. The number of anilines is 1. The van der Waals surface area contributed by atoms with Crippen molar-refractivity contribution in [1.29, 1.82) is 0 Å². The molecule has 2 fully saturated rings. The molecule has 4 aliphatic heterocycles. The number of rotatable bonds is 5. The average Bonchev–Trinajstić information content (AvgIpc) is 3.73. The largest absolute Gasteiger partial charge is 0.461 e. The van der Waals surface area contributed by atoms with Crippen molar-refractivity contribution in [2.75, 3.05) is 52.3 Å². The maximum Gasteiger partial charge on any atom is 0.318 e. The van der Waals surface area contributed by atoms with Crippen LogP contribution in [0.15, 0.2) is 18.2 Å². The number of carbonyl (C=O) groups excluding carboxylic acids is 1. The standard InChI is InChI=1S/C34H41ClF2N8O2/c1-41(2)31(46)29-28(35)26-19-43(12-6-14-45(26)40-29)30-23-18-42(3)34(11-9-21-7-4-8-24(37)27(21)34)16-25(23)38-32(39-30)47-20-33-10-5-13-44(33)17-22(36)15-33/h4,7-8,22H,5-6,9-20H2,1-3H3/t22?,33-,34-/m0/s1. The summed E-state index contributed by atoms with van der Waals surface area (Å²) >= 11 is 6.84. The monoisotopic (exact) mass is 666 g/mol. The van der Waals surface area contributed by atoms with Gasteiger partial charge in [0.1, 0.15) is 24.4 Å². The van der Waals surface area contributed by atoms with Gasteiger partial charge >= 0.3 is 6.01 Å². The number of aromatic nitrogens is 4. The fourth-order valence-electron chi connectivity index (χ4n) is 8.91. The zero-order valence-corrected chi connectivity index (χ0v) is 28.0. The van der Waals surface area contributed by atoms with Gasteiger partial charge in [0.2, 0.25) is 0 Å². The quantitative estimate of drug-likeness (QED) is 0.398. The van der Waals surface area contributed by atoms with Gasteiger partial charge in [-0.3, -0.25) is 19.3 Å². The van der Waals surface area contributed by atoms with Gasteiger partial charge in [0.15, 0.2) is 5.69 Å². The van der Waals surface area contributed by atoms with E-state index in [-0.39, 0.29) is 29.0 Å². The van der Waals surface area contributed by atoms with Crippen LogP contribution in [0.4, 0.5) is 14.6 Å².